The minimum atomic E-state index is -0.315. The second kappa shape index (κ2) is 4.88. The minimum absolute atomic E-state index is 0.103. The molecule has 0 radical (unpaired) electrons. The van der Waals surface area contributed by atoms with Gasteiger partial charge < -0.3 is 5.11 Å². The molecule has 2 nitrogen and oxygen atoms in total. The van der Waals surface area contributed by atoms with Crippen molar-refractivity contribution < 1.29 is 5.11 Å². The standard InChI is InChI=1S/C16H13NOS2/c18-13-9-10-5-1-2-6-11(10)15(13)20-16-17-12-7-3-4-8-14(12)19-16/h1-8,13,15,18H,9H2/t13-,15-/m0/s1. The molecule has 0 spiro atoms. The molecule has 1 aliphatic rings. The zero-order valence-corrected chi connectivity index (χ0v) is 12.3. The molecule has 0 fully saturated rings. The molecule has 4 rings (SSSR count). The molecule has 1 heterocycles. The number of benzene rings is 2. The van der Waals surface area contributed by atoms with Gasteiger partial charge in [-0.05, 0) is 23.3 Å². The Morgan fingerprint density at radius 2 is 1.90 bits per heavy atom. The lowest BCUT2D eigenvalue weighted by Crippen LogP contribution is -2.09. The molecular formula is C16H13NOS2. The van der Waals surface area contributed by atoms with Crippen molar-refractivity contribution in [2.45, 2.75) is 22.1 Å². The fourth-order valence-electron chi connectivity index (χ4n) is 2.69. The smallest absolute Gasteiger partial charge is 0.151 e. The summed E-state index contributed by atoms with van der Waals surface area (Å²) < 4.78 is 2.24. The Labute approximate surface area is 125 Å². The van der Waals surface area contributed by atoms with Crippen LogP contribution >= 0.6 is 23.1 Å². The number of para-hydroxylation sites is 1. The molecule has 3 aromatic rings. The van der Waals surface area contributed by atoms with E-state index >= 15 is 0 Å². The first-order valence-electron chi connectivity index (χ1n) is 6.59. The van der Waals surface area contributed by atoms with Crippen molar-refractivity contribution >= 4 is 33.3 Å². The van der Waals surface area contributed by atoms with E-state index < -0.39 is 0 Å². The van der Waals surface area contributed by atoms with Gasteiger partial charge in [0.2, 0.25) is 0 Å². The normalized spacial score (nSPS) is 21.2. The number of aliphatic hydroxyl groups is 1. The number of aromatic nitrogens is 1. The van der Waals surface area contributed by atoms with E-state index in [-0.39, 0.29) is 11.4 Å². The quantitative estimate of drug-likeness (QED) is 0.775. The van der Waals surface area contributed by atoms with Crippen LogP contribution in [-0.2, 0) is 6.42 Å². The lowest BCUT2D eigenvalue weighted by atomic mass is 10.1. The third kappa shape index (κ3) is 2.04. The molecule has 0 aliphatic heterocycles. The molecule has 0 unspecified atom stereocenters. The van der Waals surface area contributed by atoms with E-state index in [1.165, 1.54) is 15.8 Å². The highest BCUT2D eigenvalue weighted by Crippen LogP contribution is 2.46. The minimum Gasteiger partial charge on any atom is -0.391 e. The Bertz CT molecular complexity index is 735. The number of hydrogen-bond acceptors (Lipinski definition) is 4. The lowest BCUT2D eigenvalue weighted by molar-refractivity contribution is 0.184. The van der Waals surface area contributed by atoms with Gasteiger partial charge >= 0.3 is 0 Å². The summed E-state index contributed by atoms with van der Waals surface area (Å²) >= 11 is 3.39. The molecule has 20 heavy (non-hydrogen) atoms. The molecule has 1 aromatic heterocycles. The number of rotatable bonds is 2. The average molecular weight is 299 g/mol. The molecule has 4 heteroatoms. The SMILES string of the molecule is O[C@H]1Cc2ccccc2[C@@H]1Sc1nc2ccccc2s1. The van der Waals surface area contributed by atoms with E-state index in [9.17, 15) is 5.11 Å². The monoisotopic (exact) mass is 299 g/mol. The van der Waals surface area contributed by atoms with Crippen LogP contribution in [0.15, 0.2) is 52.9 Å². The van der Waals surface area contributed by atoms with Crippen LogP contribution in [0, 0.1) is 0 Å². The van der Waals surface area contributed by atoms with Crippen LogP contribution in [0.3, 0.4) is 0 Å². The zero-order chi connectivity index (χ0) is 13.5. The predicted molar refractivity (Wildman–Crippen MR) is 84.4 cm³/mol. The number of thioether (sulfide) groups is 1. The van der Waals surface area contributed by atoms with E-state index in [0.717, 1.165) is 16.3 Å². The first-order valence-corrected chi connectivity index (χ1v) is 8.29. The number of aliphatic hydroxyl groups excluding tert-OH is 1. The summed E-state index contributed by atoms with van der Waals surface area (Å²) in [5, 5.41) is 10.4. The molecule has 0 amide bonds. The molecule has 2 aromatic carbocycles. The van der Waals surface area contributed by atoms with Gasteiger partial charge in [-0.2, -0.15) is 0 Å². The first-order chi connectivity index (χ1) is 9.81. The summed E-state index contributed by atoms with van der Waals surface area (Å²) in [6.45, 7) is 0. The van der Waals surface area contributed by atoms with Crippen LogP contribution in [0.25, 0.3) is 10.2 Å². The van der Waals surface area contributed by atoms with Gasteiger partial charge in [-0.3, -0.25) is 0 Å². The number of thiazole rings is 1. The highest BCUT2D eigenvalue weighted by Gasteiger charge is 2.32. The molecule has 0 saturated carbocycles. The third-order valence-corrected chi connectivity index (χ3v) is 6.13. The summed E-state index contributed by atoms with van der Waals surface area (Å²) in [4.78, 5) is 4.65. The van der Waals surface area contributed by atoms with Gasteiger partial charge in [0.05, 0.1) is 21.6 Å². The Morgan fingerprint density at radius 3 is 2.80 bits per heavy atom. The molecule has 100 valence electrons. The fraction of sp³-hybridized carbons (Fsp3) is 0.188. The van der Waals surface area contributed by atoms with Gasteiger partial charge in [0.1, 0.15) is 0 Å². The Balaban J connectivity index is 1.68. The number of hydrogen-bond donors (Lipinski definition) is 1. The van der Waals surface area contributed by atoms with Crippen molar-refractivity contribution in [1.82, 2.24) is 4.98 Å². The van der Waals surface area contributed by atoms with E-state index in [2.05, 4.69) is 23.2 Å². The van der Waals surface area contributed by atoms with Gasteiger partial charge in [-0.15, -0.1) is 11.3 Å². The van der Waals surface area contributed by atoms with Crippen LogP contribution in [0.5, 0.6) is 0 Å². The summed E-state index contributed by atoms with van der Waals surface area (Å²) in [6, 6.07) is 16.5. The molecule has 0 bridgehead atoms. The first kappa shape index (κ1) is 12.4. The maximum atomic E-state index is 10.3. The second-order valence-corrected chi connectivity index (χ2v) is 7.38. The van der Waals surface area contributed by atoms with Gasteiger partial charge in [0, 0.05) is 6.42 Å². The summed E-state index contributed by atoms with van der Waals surface area (Å²) in [6.07, 6.45) is 0.433. The predicted octanol–water partition coefficient (Wildman–Crippen LogP) is 4.05. The Kier molecular flexibility index (Phi) is 3.02. The molecule has 1 N–H and O–H groups in total. The van der Waals surface area contributed by atoms with Crippen molar-refractivity contribution in [3.8, 4) is 0 Å². The van der Waals surface area contributed by atoms with Crippen LogP contribution < -0.4 is 0 Å². The Hall–Kier alpha value is -1.36. The lowest BCUT2D eigenvalue weighted by Gasteiger charge is -2.13. The number of fused-ring (bicyclic) bond motifs is 2. The van der Waals surface area contributed by atoms with Gasteiger partial charge in [-0.1, -0.05) is 48.2 Å². The molecule has 1 aliphatic carbocycles. The van der Waals surface area contributed by atoms with Crippen molar-refractivity contribution in [3.63, 3.8) is 0 Å². The van der Waals surface area contributed by atoms with E-state index in [0.29, 0.717) is 0 Å². The highest BCUT2D eigenvalue weighted by atomic mass is 32.2. The van der Waals surface area contributed by atoms with E-state index in [1.54, 1.807) is 23.1 Å². The fourth-order valence-corrected chi connectivity index (χ4v) is 5.14. The summed E-state index contributed by atoms with van der Waals surface area (Å²) in [5.74, 6) is 0. The third-order valence-electron chi connectivity index (χ3n) is 3.64. The molecular weight excluding hydrogens is 286 g/mol. The number of nitrogens with zero attached hydrogens (tertiary/aromatic N) is 1. The van der Waals surface area contributed by atoms with Crippen LogP contribution in [0.2, 0.25) is 0 Å². The zero-order valence-electron chi connectivity index (χ0n) is 10.7. The maximum Gasteiger partial charge on any atom is 0.151 e. The molecule has 0 saturated heterocycles. The van der Waals surface area contributed by atoms with Gasteiger partial charge in [0.15, 0.2) is 4.34 Å². The van der Waals surface area contributed by atoms with Gasteiger partial charge in [0.25, 0.3) is 0 Å². The Morgan fingerprint density at radius 1 is 1.10 bits per heavy atom. The van der Waals surface area contributed by atoms with E-state index in [4.69, 9.17) is 0 Å². The van der Waals surface area contributed by atoms with Crippen molar-refractivity contribution in [1.29, 1.82) is 0 Å². The second-order valence-electron chi connectivity index (χ2n) is 4.96. The highest BCUT2D eigenvalue weighted by molar-refractivity contribution is 8.01. The average Bonchev–Trinajstić information content (AvgIpc) is 3.00. The van der Waals surface area contributed by atoms with Crippen molar-refractivity contribution in [3.05, 3.63) is 59.7 Å². The summed E-state index contributed by atoms with van der Waals surface area (Å²) in [5.41, 5.74) is 3.56. The van der Waals surface area contributed by atoms with Crippen LogP contribution in [0.1, 0.15) is 16.4 Å². The van der Waals surface area contributed by atoms with E-state index in [1.807, 2.05) is 30.3 Å². The van der Waals surface area contributed by atoms with Crippen LogP contribution in [-0.4, -0.2) is 16.2 Å². The van der Waals surface area contributed by atoms with Crippen molar-refractivity contribution in [2.75, 3.05) is 0 Å². The van der Waals surface area contributed by atoms with Crippen molar-refractivity contribution in [2.24, 2.45) is 0 Å². The molecule has 2 atom stereocenters. The van der Waals surface area contributed by atoms with Gasteiger partial charge in [-0.25, -0.2) is 4.98 Å². The summed E-state index contributed by atoms with van der Waals surface area (Å²) in [7, 11) is 0. The maximum absolute atomic E-state index is 10.3. The largest absolute Gasteiger partial charge is 0.391 e. The van der Waals surface area contributed by atoms with Crippen LogP contribution in [0.4, 0.5) is 0 Å². The topological polar surface area (TPSA) is 33.1 Å².